The average molecular weight is 357 g/mol. The zero-order chi connectivity index (χ0) is 18.1. The van der Waals surface area contributed by atoms with Crippen molar-refractivity contribution in [2.24, 2.45) is 0 Å². The van der Waals surface area contributed by atoms with Crippen LogP contribution < -0.4 is 0 Å². The molecule has 26 heavy (non-hydrogen) atoms. The van der Waals surface area contributed by atoms with Gasteiger partial charge in [-0.1, -0.05) is 0 Å². The van der Waals surface area contributed by atoms with Crippen LogP contribution in [0.5, 0.6) is 0 Å². The summed E-state index contributed by atoms with van der Waals surface area (Å²) in [5.74, 6) is 0.0607. The molecule has 0 N–H and O–H groups in total. The van der Waals surface area contributed by atoms with E-state index < -0.39 is 0 Å². The smallest absolute Gasteiger partial charge is 0.272 e. The van der Waals surface area contributed by atoms with E-state index in [1.54, 1.807) is 10.9 Å². The van der Waals surface area contributed by atoms with E-state index in [-0.39, 0.29) is 11.9 Å². The Morgan fingerprint density at radius 3 is 2.92 bits per heavy atom. The first-order valence-corrected chi connectivity index (χ1v) is 9.73. The van der Waals surface area contributed by atoms with E-state index >= 15 is 0 Å². The molecule has 0 saturated carbocycles. The first kappa shape index (κ1) is 17.3. The topological polar surface area (TPSA) is 65.2 Å². The van der Waals surface area contributed by atoms with Crippen molar-refractivity contribution in [2.45, 2.75) is 65.3 Å². The van der Waals surface area contributed by atoms with Gasteiger partial charge in [-0.2, -0.15) is 10.2 Å². The summed E-state index contributed by atoms with van der Waals surface area (Å²) >= 11 is 0. The highest BCUT2D eigenvalue weighted by atomic mass is 16.5. The Morgan fingerprint density at radius 1 is 1.27 bits per heavy atom. The van der Waals surface area contributed by atoms with Crippen LogP contribution in [0.25, 0.3) is 0 Å². The van der Waals surface area contributed by atoms with Gasteiger partial charge in [-0.25, -0.2) is 0 Å². The molecule has 1 fully saturated rings. The van der Waals surface area contributed by atoms with Gasteiger partial charge in [0.2, 0.25) is 0 Å². The van der Waals surface area contributed by atoms with E-state index in [1.807, 2.05) is 17.9 Å². The molecule has 1 atom stereocenters. The molecule has 140 valence electrons. The standard InChI is InChI=1S/C19H27N5O2/c1-3-23-17(8-10-20-23)19(25)22-11-6-5-7-16(22)18-14-13-26-12-9-15(14)24(4-2)21-18/h8,10,16H,3-7,9,11-13H2,1-2H3. The molecule has 4 heterocycles. The maximum Gasteiger partial charge on any atom is 0.272 e. The van der Waals surface area contributed by atoms with Gasteiger partial charge in [-0.05, 0) is 39.2 Å². The van der Waals surface area contributed by atoms with Gasteiger partial charge in [0.15, 0.2) is 0 Å². The van der Waals surface area contributed by atoms with Crippen molar-refractivity contribution in [1.82, 2.24) is 24.5 Å². The molecule has 2 aromatic heterocycles. The van der Waals surface area contributed by atoms with E-state index in [1.165, 1.54) is 11.3 Å². The van der Waals surface area contributed by atoms with Gasteiger partial charge in [0.25, 0.3) is 5.91 Å². The maximum absolute atomic E-state index is 13.3. The lowest BCUT2D eigenvalue weighted by molar-refractivity contribution is 0.0583. The number of ether oxygens (including phenoxy) is 1. The minimum atomic E-state index is 0.0275. The Hall–Kier alpha value is -2.15. The van der Waals surface area contributed by atoms with Crippen LogP contribution in [-0.2, 0) is 30.9 Å². The van der Waals surface area contributed by atoms with E-state index in [4.69, 9.17) is 9.84 Å². The highest BCUT2D eigenvalue weighted by Crippen LogP contribution is 2.35. The van der Waals surface area contributed by atoms with Crippen molar-refractivity contribution in [3.05, 3.63) is 34.9 Å². The number of fused-ring (bicyclic) bond motifs is 1. The van der Waals surface area contributed by atoms with Crippen LogP contribution in [0.4, 0.5) is 0 Å². The number of hydrogen-bond donors (Lipinski definition) is 0. The first-order chi connectivity index (χ1) is 12.7. The molecular weight excluding hydrogens is 330 g/mol. The molecule has 2 aromatic rings. The quantitative estimate of drug-likeness (QED) is 0.843. The molecule has 0 aliphatic carbocycles. The Kier molecular flexibility index (Phi) is 4.80. The summed E-state index contributed by atoms with van der Waals surface area (Å²) in [6, 6.07) is 1.85. The molecule has 2 aliphatic rings. The highest BCUT2D eigenvalue weighted by Gasteiger charge is 2.35. The molecule has 0 aromatic carbocycles. The van der Waals surface area contributed by atoms with Crippen molar-refractivity contribution in [3.8, 4) is 0 Å². The molecule has 4 rings (SSSR count). The third-order valence-corrected chi connectivity index (χ3v) is 5.54. The van der Waals surface area contributed by atoms with Crippen LogP contribution in [0, 0.1) is 0 Å². The van der Waals surface area contributed by atoms with Crippen molar-refractivity contribution < 1.29 is 9.53 Å². The van der Waals surface area contributed by atoms with E-state index in [0.29, 0.717) is 18.8 Å². The predicted molar refractivity (Wildman–Crippen MR) is 96.8 cm³/mol. The summed E-state index contributed by atoms with van der Waals surface area (Å²) in [4.78, 5) is 15.3. The summed E-state index contributed by atoms with van der Waals surface area (Å²) < 4.78 is 9.59. The monoisotopic (exact) mass is 357 g/mol. The minimum Gasteiger partial charge on any atom is -0.376 e. The molecule has 0 bridgehead atoms. The number of carbonyl (C=O) groups is 1. The molecule has 7 nitrogen and oxygen atoms in total. The summed E-state index contributed by atoms with van der Waals surface area (Å²) in [5, 5.41) is 9.18. The second-order valence-corrected chi connectivity index (χ2v) is 6.97. The first-order valence-electron chi connectivity index (χ1n) is 9.73. The zero-order valence-electron chi connectivity index (χ0n) is 15.6. The Labute approximate surface area is 153 Å². The Balaban J connectivity index is 1.70. The fourth-order valence-electron chi connectivity index (χ4n) is 4.24. The van der Waals surface area contributed by atoms with Crippen LogP contribution in [0.2, 0.25) is 0 Å². The second-order valence-electron chi connectivity index (χ2n) is 6.97. The number of piperidine rings is 1. The Bertz CT molecular complexity index is 794. The summed E-state index contributed by atoms with van der Waals surface area (Å²) in [5.41, 5.74) is 4.19. The van der Waals surface area contributed by atoms with Gasteiger partial charge in [0.05, 0.1) is 24.9 Å². The average Bonchev–Trinajstić information content (AvgIpc) is 3.32. The fraction of sp³-hybridized carbons (Fsp3) is 0.632. The maximum atomic E-state index is 13.3. The molecule has 1 unspecified atom stereocenters. The van der Waals surface area contributed by atoms with Crippen molar-refractivity contribution in [3.63, 3.8) is 0 Å². The van der Waals surface area contributed by atoms with E-state index in [9.17, 15) is 4.79 Å². The Morgan fingerprint density at radius 2 is 2.12 bits per heavy atom. The predicted octanol–water partition coefficient (Wildman–Crippen LogP) is 2.56. The van der Waals surface area contributed by atoms with Gasteiger partial charge >= 0.3 is 0 Å². The van der Waals surface area contributed by atoms with Gasteiger partial charge in [-0.15, -0.1) is 0 Å². The summed E-state index contributed by atoms with van der Waals surface area (Å²) in [7, 11) is 0. The van der Waals surface area contributed by atoms with Crippen LogP contribution in [0.1, 0.15) is 66.6 Å². The number of amides is 1. The number of aryl methyl sites for hydroxylation is 2. The van der Waals surface area contributed by atoms with Gasteiger partial charge < -0.3 is 9.64 Å². The number of rotatable bonds is 4. The molecule has 1 saturated heterocycles. The van der Waals surface area contributed by atoms with Gasteiger partial charge in [0.1, 0.15) is 5.69 Å². The lowest BCUT2D eigenvalue weighted by Gasteiger charge is -2.35. The number of carbonyl (C=O) groups excluding carboxylic acids is 1. The van der Waals surface area contributed by atoms with Gasteiger partial charge in [0, 0.05) is 43.5 Å². The fourth-order valence-corrected chi connectivity index (χ4v) is 4.24. The molecule has 2 aliphatic heterocycles. The summed E-state index contributed by atoms with van der Waals surface area (Å²) in [6.07, 6.45) is 5.72. The molecule has 0 spiro atoms. The minimum absolute atomic E-state index is 0.0275. The normalized spacial score (nSPS) is 20.2. The second kappa shape index (κ2) is 7.23. The highest BCUT2D eigenvalue weighted by molar-refractivity contribution is 5.93. The largest absolute Gasteiger partial charge is 0.376 e. The van der Waals surface area contributed by atoms with E-state index in [0.717, 1.165) is 51.1 Å². The van der Waals surface area contributed by atoms with Gasteiger partial charge in [-0.3, -0.25) is 14.2 Å². The number of nitrogens with zero attached hydrogens (tertiary/aromatic N) is 5. The number of likely N-dealkylation sites (tertiary alicyclic amines) is 1. The SMILES string of the molecule is CCn1nccc1C(=O)N1CCCCC1c1nn(CC)c2c1COCC2. The van der Waals surface area contributed by atoms with Crippen LogP contribution in [0.15, 0.2) is 12.3 Å². The zero-order valence-corrected chi connectivity index (χ0v) is 15.6. The van der Waals surface area contributed by atoms with E-state index in [2.05, 4.69) is 16.7 Å². The third-order valence-electron chi connectivity index (χ3n) is 5.54. The number of hydrogen-bond acceptors (Lipinski definition) is 4. The summed E-state index contributed by atoms with van der Waals surface area (Å²) in [6.45, 7) is 7.81. The lowest BCUT2D eigenvalue weighted by atomic mass is 9.95. The van der Waals surface area contributed by atoms with Crippen molar-refractivity contribution >= 4 is 5.91 Å². The molecule has 0 radical (unpaired) electrons. The lowest BCUT2D eigenvalue weighted by Crippen LogP contribution is -2.40. The molecule has 7 heteroatoms. The number of aromatic nitrogens is 4. The van der Waals surface area contributed by atoms with Crippen LogP contribution >= 0.6 is 0 Å². The molecule has 1 amide bonds. The van der Waals surface area contributed by atoms with Crippen LogP contribution in [-0.4, -0.2) is 43.5 Å². The molecular formula is C19H27N5O2. The van der Waals surface area contributed by atoms with Crippen LogP contribution in [0.3, 0.4) is 0 Å². The van der Waals surface area contributed by atoms with Crippen molar-refractivity contribution in [1.29, 1.82) is 0 Å². The van der Waals surface area contributed by atoms with Crippen molar-refractivity contribution in [2.75, 3.05) is 13.2 Å². The third kappa shape index (κ3) is 2.84.